The fourth-order valence-electron chi connectivity index (χ4n) is 7.03. The van der Waals surface area contributed by atoms with Gasteiger partial charge in [0.2, 0.25) is 0 Å². The molecule has 7 nitrogen and oxygen atoms in total. The molecule has 5 fully saturated rings. The quantitative estimate of drug-likeness (QED) is 0.444. The highest BCUT2D eigenvalue weighted by Crippen LogP contribution is 2.27. The lowest BCUT2D eigenvalue weighted by Crippen LogP contribution is -3.15. The lowest BCUT2D eigenvalue weighted by atomic mass is 9.86. The Kier molecular flexibility index (Phi) is 8.15. The molecular weight excluding hydrogens is 390 g/mol. The van der Waals surface area contributed by atoms with Gasteiger partial charge in [0.1, 0.15) is 12.2 Å². The molecule has 0 bridgehead atoms. The molecule has 7 heteroatoms. The first-order valence-corrected chi connectivity index (χ1v) is 13.5. The van der Waals surface area contributed by atoms with Crippen molar-refractivity contribution in [1.29, 1.82) is 0 Å². The van der Waals surface area contributed by atoms with Gasteiger partial charge in [0, 0.05) is 38.3 Å². The van der Waals surface area contributed by atoms with Crippen LogP contribution in [0.2, 0.25) is 0 Å². The molecule has 0 spiro atoms. The van der Waals surface area contributed by atoms with Gasteiger partial charge in [-0.1, -0.05) is 32.1 Å². The number of nitrogens with one attached hydrogen (secondary N) is 3. The van der Waals surface area contributed by atoms with Gasteiger partial charge >= 0.3 is 0 Å². The van der Waals surface area contributed by atoms with E-state index >= 15 is 0 Å². The summed E-state index contributed by atoms with van der Waals surface area (Å²) in [4.78, 5) is 10.6. The molecule has 5 N–H and O–H groups in total. The van der Waals surface area contributed by atoms with Crippen LogP contribution < -0.4 is 21.0 Å². The normalized spacial score (nSPS) is 41.0. The van der Waals surface area contributed by atoms with E-state index in [-0.39, 0.29) is 6.23 Å². The molecule has 0 radical (unpaired) electrons. The number of nitrogens with two attached hydrogens (primary N) is 1. The van der Waals surface area contributed by atoms with Gasteiger partial charge in [-0.3, -0.25) is 10.2 Å². The average Bonchev–Trinajstić information content (AvgIpc) is 3.50. The van der Waals surface area contributed by atoms with Gasteiger partial charge in [-0.25, -0.2) is 4.90 Å². The number of nitrogens with zero attached hydrogens (tertiary/aromatic N) is 1. The molecule has 4 saturated heterocycles. The van der Waals surface area contributed by atoms with Gasteiger partial charge in [-0.05, 0) is 25.2 Å². The number of quaternary nitrogens is 2. The van der Waals surface area contributed by atoms with E-state index in [1.807, 2.05) is 0 Å². The second kappa shape index (κ2) is 11.2. The Bertz CT molecular complexity index is 532. The molecule has 1 aliphatic carbocycles. The smallest absolute Gasteiger partial charge is 0.183 e. The van der Waals surface area contributed by atoms with Crippen molar-refractivity contribution in [2.45, 2.75) is 95.2 Å². The number of ether oxygens (including phenoxy) is 1. The zero-order valence-electron chi connectivity index (χ0n) is 19.5. The fourth-order valence-corrected chi connectivity index (χ4v) is 7.03. The van der Waals surface area contributed by atoms with Gasteiger partial charge in [-0.2, -0.15) is 5.48 Å². The number of hydrogen-bond donors (Lipinski definition) is 4. The highest BCUT2D eigenvalue weighted by Gasteiger charge is 2.44. The molecule has 5 rings (SSSR count). The van der Waals surface area contributed by atoms with Gasteiger partial charge in [-0.15, -0.1) is 0 Å². The van der Waals surface area contributed by atoms with Gasteiger partial charge in [0.05, 0.1) is 39.0 Å². The van der Waals surface area contributed by atoms with Gasteiger partial charge < -0.3 is 15.0 Å². The summed E-state index contributed by atoms with van der Waals surface area (Å²) in [5, 5.41) is 6.42. The van der Waals surface area contributed by atoms with Crippen molar-refractivity contribution < 1.29 is 19.8 Å². The summed E-state index contributed by atoms with van der Waals surface area (Å²) >= 11 is 0. The molecule has 1 saturated carbocycles. The van der Waals surface area contributed by atoms with Crippen molar-refractivity contribution >= 4 is 0 Å². The van der Waals surface area contributed by atoms with Crippen LogP contribution >= 0.6 is 0 Å². The Hall–Kier alpha value is -0.280. The zero-order valence-corrected chi connectivity index (χ0v) is 19.5. The first-order chi connectivity index (χ1) is 15.4. The molecule has 4 aliphatic heterocycles. The van der Waals surface area contributed by atoms with E-state index in [2.05, 4.69) is 21.0 Å². The van der Waals surface area contributed by atoms with E-state index in [1.165, 1.54) is 90.3 Å². The molecular formula is C24H47N5O2+2. The molecule has 178 valence electrons. The summed E-state index contributed by atoms with van der Waals surface area (Å²) in [5.74, 6) is 1.67. The van der Waals surface area contributed by atoms with Crippen LogP contribution in [0.25, 0.3) is 0 Å². The number of hydrogen-bond acceptors (Lipinski definition) is 5. The Labute approximate surface area is 188 Å². The van der Waals surface area contributed by atoms with E-state index in [4.69, 9.17) is 9.57 Å². The van der Waals surface area contributed by atoms with Crippen LogP contribution in [-0.2, 0) is 9.57 Å². The van der Waals surface area contributed by atoms with Crippen LogP contribution in [0.4, 0.5) is 0 Å². The predicted molar refractivity (Wildman–Crippen MR) is 120 cm³/mol. The number of hydroxylamine groups is 1. The van der Waals surface area contributed by atoms with Crippen LogP contribution in [-0.4, -0.2) is 75.4 Å². The Morgan fingerprint density at radius 1 is 0.968 bits per heavy atom. The van der Waals surface area contributed by atoms with Crippen molar-refractivity contribution in [1.82, 2.24) is 15.7 Å². The van der Waals surface area contributed by atoms with Crippen LogP contribution in [0.3, 0.4) is 0 Å². The standard InChI is InChI=1S/C24H45N5O2/c1-2-6-19(7-3-1)8-4-12-28-13-5-9-21(28)24-26-23(27-31-24)20-10-11-22(25-18-20)29-14-16-30-17-15-29/h19-27H,1-18H2/p+2/t20?,21-,22?,23?,24?/m0/s1. The van der Waals surface area contributed by atoms with E-state index in [0.717, 1.165) is 32.2 Å². The Morgan fingerprint density at radius 3 is 2.65 bits per heavy atom. The van der Waals surface area contributed by atoms with E-state index in [9.17, 15) is 0 Å². The summed E-state index contributed by atoms with van der Waals surface area (Å²) in [6.45, 7) is 7.85. The minimum Gasteiger partial charge on any atom is -0.379 e. The topological polar surface area (TPSA) is 66.8 Å². The summed E-state index contributed by atoms with van der Waals surface area (Å²) in [5.41, 5.74) is 3.40. The van der Waals surface area contributed by atoms with Crippen molar-refractivity contribution in [2.24, 2.45) is 11.8 Å². The van der Waals surface area contributed by atoms with Crippen LogP contribution in [0.1, 0.15) is 70.6 Å². The molecule has 6 atom stereocenters. The van der Waals surface area contributed by atoms with Crippen LogP contribution in [0.15, 0.2) is 0 Å². The largest absolute Gasteiger partial charge is 0.379 e. The van der Waals surface area contributed by atoms with E-state index in [0.29, 0.717) is 24.3 Å². The number of likely N-dealkylation sites (tertiary alicyclic amines) is 1. The minimum absolute atomic E-state index is 0.189. The predicted octanol–water partition coefficient (Wildman–Crippen LogP) is -0.197. The zero-order chi connectivity index (χ0) is 20.9. The number of piperidine rings is 1. The van der Waals surface area contributed by atoms with Gasteiger partial charge in [0.15, 0.2) is 6.23 Å². The van der Waals surface area contributed by atoms with Crippen molar-refractivity contribution in [3.8, 4) is 0 Å². The monoisotopic (exact) mass is 437 g/mol. The maximum Gasteiger partial charge on any atom is 0.183 e. The van der Waals surface area contributed by atoms with E-state index < -0.39 is 0 Å². The second-order valence-electron chi connectivity index (χ2n) is 10.9. The third-order valence-electron chi connectivity index (χ3n) is 8.93. The summed E-state index contributed by atoms with van der Waals surface area (Å²) in [7, 11) is 0. The third kappa shape index (κ3) is 5.81. The average molecular weight is 438 g/mol. The summed E-state index contributed by atoms with van der Waals surface area (Å²) < 4.78 is 5.52. The van der Waals surface area contributed by atoms with Crippen molar-refractivity contribution in [2.75, 3.05) is 45.9 Å². The molecule has 0 aromatic rings. The molecule has 0 aromatic heterocycles. The highest BCUT2D eigenvalue weighted by atomic mass is 16.7. The highest BCUT2D eigenvalue weighted by molar-refractivity contribution is 4.84. The molecule has 5 aliphatic rings. The first-order valence-electron chi connectivity index (χ1n) is 13.5. The number of rotatable bonds is 7. The molecule has 4 heterocycles. The Morgan fingerprint density at radius 2 is 1.84 bits per heavy atom. The van der Waals surface area contributed by atoms with Crippen LogP contribution in [0, 0.1) is 11.8 Å². The van der Waals surface area contributed by atoms with Gasteiger partial charge in [0.25, 0.3) is 0 Å². The molecule has 0 aromatic carbocycles. The third-order valence-corrected chi connectivity index (χ3v) is 8.93. The van der Waals surface area contributed by atoms with Crippen molar-refractivity contribution in [3.63, 3.8) is 0 Å². The molecule has 5 unspecified atom stereocenters. The maximum atomic E-state index is 6.15. The summed E-state index contributed by atoms with van der Waals surface area (Å²) in [6, 6.07) is 0.623. The molecule has 0 amide bonds. The number of morpholine rings is 1. The Balaban J connectivity index is 1.04. The SMILES string of the molecule is C1CCC(CCC[NH+]2CCC[C@H]2C2NC(C3CCC(N4CCOCC4)[NH2+]C3)NO2)CC1. The second-order valence-corrected chi connectivity index (χ2v) is 10.9. The first kappa shape index (κ1) is 22.5. The maximum absolute atomic E-state index is 6.15. The van der Waals surface area contributed by atoms with Crippen molar-refractivity contribution in [3.05, 3.63) is 0 Å². The van der Waals surface area contributed by atoms with Crippen LogP contribution in [0.5, 0.6) is 0 Å². The van der Waals surface area contributed by atoms with E-state index in [1.54, 1.807) is 4.90 Å². The molecule has 31 heavy (non-hydrogen) atoms. The summed E-state index contributed by atoms with van der Waals surface area (Å²) in [6.07, 6.45) is 16.6. The lowest BCUT2D eigenvalue weighted by Gasteiger charge is -2.37. The minimum atomic E-state index is 0.189. The fraction of sp³-hybridized carbons (Fsp3) is 1.00. The lowest BCUT2D eigenvalue weighted by molar-refractivity contribution is -0.916.